The highest BCUT2D eigenvalue weighted by Gasteiger charge is 2.17. The van der Waals surface area contributed by atoms with E-state index in [1.54, 1.807) is 0 Å². The topological polar surface area (TPSA) is 45.2 Å². The molecule has 0 radical (unpaired) electrons. The Morgan fingerprint density at radius 2 is 1.27 bits per heavy atom. The highest BCUT2D eigenvalue weighted by atomic mass is 16.5. The molecule has 3 rings (SSSR count). The maximum Gasteiger partial charge on any atom is 0.119 e. The molecule has 37 heavy (non-hydrogen) atoms. The maximum absolute atomic E-state index is 9.63. The van der Waals surface area contributed by atoms with Gasteiger partial charge in [0.05, 0.1) is 13.2 Å². The Morgan fingerprint density at radius 3 is 1.68 bits per heavy atom. The third kappa shape index (κ3) is 9.51. The quantitative estimate of drug-likeness (QED) is 0.292. The molecule has 0 heterocycles. The van der Waals surface area contributed by atoms with E-state index in [1.807, 2.05) is 0 Å². The molecule has 1 N–H and O–H groups in total. The predicted octanol–water partition coefficient (Wildman–Crippen LogP) is 5.81. The van der Waals surface area contributed by atoms with Gasteiger partial charge in [0.25, 0.3) is 0 Å². The molecule has 5 heteroatoms. The van der Waals surface area contributed by atoms with Gasteiger partial charge in [0.1, 0.15) is 11.5 Å². The van der Waals surface area contributed by atoms with E-state index in [0.29, 0.717) is 13.2 Å². The van der Waals surface area contributed by atoms with Crippen LogP contribution in [0.5, 0.6) is 11.5 Å². The van der Waals surface area contributed by atoms with Crippen molar-refractivity contribution >= 4 is 5.57 Å². The summed E-state index contributed by atoms with van der Waals surface area (Å²) >= 11 is 0. The molecule has 2 aromatic carbocycles. The second-order valence-corrected chi connectivity index (χ2v) is 10.1. The van der Waals surface area contributed by atoms with Crippen molar-refractivity contribution < 1.29 is 14.6 Å². The van der Waals surface area contributed by atoms with Crippen LogP contribution < -0.4 is 9.47 Å². The number of nitrogens with zero attached hydrogens (tertiary/aromatic N) is 2. The normalized spacial score (nSPS) is 12.8. The van der Waals surface area contributed by atoms with Gasteiger partial charge in [0.2, 0.25) is 0 Å². The number of allylic oxidation sites excluding steroid dienone is 5. The summed E-state index contributed by atoms with van der Waals surface area (Å²) in [5.41, 5.74) is 6.12. The minimum absolute atomic E-state index is 0.178. The van der Waals surface area contributed by atoms with Crippen LogP contribution in [0.25, 0.3) is 5.57 Å². The Morgan fingerprint density at radius 1 is 0.757 bits per heavy atom. The molecular weight excluding hydrogens is 460 g/mol. The second kappa shape index (κ2) is 15.4. The number of ether oxygens (including phenoxy) is 2. The zero-order valence-corrected chi connectivity index (χ0v) is 23.1. The van der Waals surface area contributed by atoms with Crippen LogP contribution in [0.3, 0.4) is 0 Å². The van der Waals surface area contributed by atoms with Crippen molar-refractivity contribution in [3.8, 4) is 11.5 Å². The first-order valence-electron chi connectivity index (χ1n) is 13.4. The number of hydrogen-bond acceptors (Lipinski definition) is 5. The van der Waals surface area contributed by atoms with Gasteiger partial charge in [-0.05, 0) is 112 Å². The molecule has 0 fully saturated rings. The molecule has 1 aliphatic carbocycles. The molecular formula is C32H44N2O3. The number of rotatable bonds is 16. The van der Waals surface area contributed by atoms with E-state index in [1.165, 1.54) is 16.7 Å². The average molecular weight is 505 g/mol. The fourth-order valence-corrected chi connectivity index (χ4v) is 4.47. The maximum atomic E-state index is 9.63. The van der Waals surface area contributed by atoms with Crippen LogP contribution in [0, 0.1) is 0 Å². The molecule has 5 nitrogen and oxygen atoms in total. The van der Waals surface area contributed by atoms with E-state index in [0.717, 1.165) is 67.8 Å². The second-order valence-electron chi connectivity index (χ2n) is 10.1. The molecule has 0 atom stereocenters. The molecule has 0 amide bonds. The van der Waals surface area contributed by atoms with Crippen molar-refractivity contribution in [2.24, 2.45) is 0 Å². The summed E-state index contributed by atoms with van der Waals surface area (Å²) in [5.74, 6) is 1.78. The van der Waals surface area contributed by atoms with Gasteiger partial charge in [-0.1, -0.05) is 42.5 Å². The zero-order valence-electron chi connectivity index (χ0n) is 23.1. The van der Waals surface area contributed by atoms with Crippen LogP contribution in [-0.4, -0.2) is 76.0 Å². The van der Waals surface area contributed by atoms with Gasteiger partial charge in [-0.25, -0.2) is 0 Å². The monoisotopic (exact) mass is 504 g/mol. The van der Waals surface area contributed by atoms with E-state index >= 15 is 0 Å². The van der Waals surface area contributed by atoms with Gasteiger partial charge in [-0.3, -0.25) is 0 Å². The number of aliphatic hydroxyl groups excluding tert-OH is 1. The van der Waals surface area contributed by atoms with E-state index in [4.69, 9.17) is 9.47 Å². The Hall–Kier alpha value is -2.86. The van der Waals surface area contributed by atoms with Crippen LogP contribution >= 0.6 is 0 Å². The highest BCUT2D eigenvalue weighted by Crippen LogP contribution is 2.37. The van der Waals surface area contributed by atoms with Crippen LogP contribution in [0.2, 0.25) is 0 Å². The Balaban J connectivity index is 1.86. The van der Waals surface area contributed by atoms with E-state index < -0.39 is 0 Å². The molecule has 0 saturated carbocycles. The summed E-state index contributed by atoms with van der Waals surface area (Å²) in [7, 11) is 8.32. The van der Waals surface area contributed by atoms with E-state index in [-0.39, 0.29) is 6.61 Å². The lowest BCUT2D eigenvalue weighted by Gasteiger charge is -2.19. The van der Waals surface area contributed by atoms with E-state index in [9.17, 15) is 5.11 Å². The lowest BCUT2D eigenvalue weighted by Crippen LogP contribution is -2.15. The summed E-state index contributed by atoms with van der Waals surface area (Å²) < 4.78 is 12.0. The summed E-state index contributed by atoms with van der Waals surface area (Å²) in [6, 6.07) is 16.9. The summed E-state index contributed by atoms with van der Waals surface area (Å²) in [6.45, 7) is 3.61. The highest BCUT2D eigenvalue weighted by molar-refractivity contribution is 5.85. The fraction of sp³-hybridized carbons (Fsp3) is 0.438. The van der Waals surface area contributed by atoms with Crippen LogP contribution in [0.15, 0.2) is 77.9 Å². The Bertz CT molecular complexity index is 973. The lowest BCUT2D eigenvalue weighted by molar-refractivity contribution is 0.281. The van der Waals surface area contributed by atoms with Crippen molar-refractivity contribution in [1.29, 1.82) is 0 Å². The first-order chi connectivity index (χ1) is 18.0. The molecule has 200 valence electrons. The first kappa shape index (κ1) is 28.7. The smallest absolute Gasteiger partial charge is 0.119 e. The summed E-state index contributed by atoms with van der Waals surface area (Å²) in [4.78, 5) is 4.34. The zero-order chi connectivity index (χ0) is 26.5. The lowest BCUT2D eigenvalue weighted by atomic mass is 9.86. The molecule has 0 bridgehead atoms. The van der Waals surface area contributed by atoms with Crippen molar-refractivity contribution in [3.63, 3.8) is 0 Å². The average Bonchev–Trinajstić information content (AvgIpc) is 3.43. The molecule has 0 saturated heterocycles. The minimum atomic E-state index is 0.178. The van der Waals surface area contributed by atoms with Crippen molar-refractivity contribution in [2.45, 2.75) is 32.1 Å². The minimum Gasteiger partial charge on any atom is -0.494 e. The van der Waals surface area contributed by atoms with Gasteiger partial charge >= 0.3 is 0 Å². The Kier molecular flexibility index (Phi) is 12.0. The van der Waals surface area contributed by atoms with Crippen molar-refractivity contribution in [1.82, 2.24) is 9.80 Å². The van der Waals surface area contributed by atoms with Crippen molar-refractivity contribution in [3.05, 3.63) is 89.0 Å². The molecule has 2 aromatic rings. The van der Waals surface area contributed by atoms with Crippen LogP contribution in [-0.2, 0) is 0 Å². The van der Waals surface area contributed by atoms with Crippen LogP contribution in [0.1, 0.15) is 43.2 Å². The molecule has 0 unspecified atom stereocenters. The van der Waals surface area contributed by atoms with Gasteiger partial charge in [0.15, 0.2) is 0 Å². The molecule has 0 aromatic heterocycles. The third-order valence-electron chi connectivity index (χ3n) is 6.37. The summed E-state index contributed by atoms with van der Waals surface area (Å²) in [5, 5.41) is 9.63. The number of aliphatic hydroxyl groups is 1. The van der Waals surface area contributed by atoms with Gasteiger partial charge in [0, 0.05) is 19.7 Å². The Labute approximate surface area is 223 Å². The number of benzene rings is 2. The SMILES string of the molecule is CN(C)CCCOc1ccc(C(=C(CCCO)C2=CC=CC2)c2ccc(OCCCN(C)C)cc2)cc1. The van der Waals surface area contributed by atoms with Gasteiger partial charge < -0.3 is 24.4 Å². The van der Waals surface area contributed by atoms with E-state index in [2.05, 4.69) is 105 Å². The van der Waals surface area contributed by atoms with Gasteiger partial charge in [-0.2, -0.15) is 0 Å². The largest absolute Gasteiger partial charge is 0.494 e. The number of hydrogen-bond donors (Lipinski definition) is 1. The van der Waals surface area contributed by atoms with Crippen molar-refractivity contribution in [2.75, 3.05) is 61.1 Å². The standard InChI is InChI=1S/C32H44N2O3/c1-33(2)21-8-24-36-29-17-13-27(14-18-29)32(31(12-7-23-35)26-10-5-6-11-26)28-15-19-30(20-16-28)37-25-9-22-34(3)4/h5-6,10,13-20,35H,7-9,11-12,21-25H2,1-4H3. The summed E-state index contributed by atoms with van der Waals surface area (Å²) in [6.07, 6.45) is 11.0. The van der Waals surface area contributed by atoms with Crippen LogP contribution in [0.4, 0.5) is 0 Å². The molecule has 1 aliphatic rings. The molecule has 0 aliphatic heterocycles. The van der Waals surface area contributed by atoms with Gasteiger partial charge in [-0.15, -0.1) is 0 Å². The fourth-order valence-electron chi connectivity index (χ4n) is 4.47. The third-order valence-corrected chi connectivity index (χ3v) is 6.37. The first-order valence-corrected chi connectivity index (χ1v) is 13.4. The molecule has 0 spiro atoms. The predicted molar refractivity (Wildman–Crippen MR) is 154 cm³/mol.